The van der Waals surface area contributed by atoms with E-state index in [2.05, 4.69) is 49.1 Å². The van der Waals surface area contributed by atoms with Gasteiger partial charge in [-0.05, 0) is 33.6 Å². The molecule has 1 aliphatic heterocycles. The number of carbonyl (C=O) groups is 1. The standard InChI is InChI=1S/C20H31N7O/c1-6-17-15(11-23-27(17)7-2)10-22-16-8-9-26(12-16)19-13(3)14(4)24-18(25-19)20(28)21-5/h11,16,22H,6-10,12H2,1-5H3,(H,21,28)/t16-/m1/s1. The molecule has 0 unspecified atom stereocenters. The van der Waals surface area contributed by atoms with Crippen molar-refractivity contribution < 1.29 is 4.79 Å². The largest absolute Gasteiger partial charge is 0.355 e. The smallest absolute Gasteiger partial charge is 0.288 e. The van der Waals surface area contributed by atoms with Crippen LogP contribution in [0.5, 0.6) is 0 Å². The van der Waals surface area contributed by atoms with E-state index in [1.807, 2.05) is 20.0 Å². The molecule has 0 saturated carbocycles. The molecule has 8 heteroatoms. The molecule has 1 fully saturated rings. The van der Waals surface area contributed by atoms with E-state index < -0.39 is 0 Å². The number of hydrogen-bond acceptors (Lipinski definition) is 6. The summed E-state index contributed by atoms with van der Waals surface area (Å²) in [4.78, 5) is 23.1. The topological polar surface area (TPSA) is 88.0 Å². The molecule has 8 nitrogen and oxygen atoms in total. The van der Waals surface area contributed by atoms with E-state index in [1.165, 1.54) is 11.3 Å². The molecule has 0 aromatic carbocycles. The van der Waals surface area contributed by atoms with Crippen molar-refractivity contribution in [3.8, 4) is 0 Å². The number of rotatable bonds is 7. The van der Waals surface area contributed by atoms with Crippen molar-refractivity contribution in [1.29, 1.82) is 0 Å². The van der Waals surface area contributed by atoms with E-state index in [9.17, 15) is 4.79 Å². The van der Waals surface area contributed by atoms with Crippen molar-refractivity contribution in [3.05, 3.63) is 34.5 Å². The quantitative estimate of drug-likeness (QED) is 0.753. The molecule has 2 aromatic rings. The van der Waals surface area contributed by atoms with Gasteiger partial charge in [-0.3, -0.25) is 9.48 Å². The Balaban J connectivity index is 1.68. The lowest BCUT2D eigenvalue weighted by atomic mass is 10.2. The van der Waals surface area contributed by atoms with Crippen molar-refractivity contribution in [1.82, 2.24) is 30.4 Å². The average molecular weight is 386 g/mol. The highest BCUT2D eigenvalue weighted by molar-refractivity contribution is 5.90. The second-order valence-corrected chi connectivity index (χ2v) is 7.26. The molecule has 0 aliphatic carbocycles. The monoisotopic (exact) mass is 385 g/mol. The first-order valence-electron chi connectivity index (χ1n) is 10.1. The van der Waals surface area contributed by atoms with Gasteiger partial charge in [0.15, 0.2) is 0 Å². The summed E-state index contributed by atoms with van der Waals surface area (Å²) in [5.41, 5.74) is 4.46. The fourth-order valence-electron chi connectivity index (χ4n) is 3.79. The maximum atomic E-state index is 12.0. The van der Waals surface area contributed by atoms with E-state index in [0.29, 0.717) is 6.04 Å². The molecule has 1 aliphatic rings. The second kappa shape index (κ2) is 8.68. The van der Waals surface area contributed by atoms with Crippen molar-refractivity contribution >= 4 is 11.7 Å². The minimum absolute atomic E-state index is 0.233. The summed E-state index contributed by atoms with van der Waals surface area (Å²) < 4.78 is 2.07. The van der Waals surface area contributed by atoms with Crippen molar-refractivity contribution in [2.24, 2.45) is 0 Å². The Hall–Kier alpha value is -2.48. The number of anilines is 1. The van der Waals surface area contributed by atoms with Crippen molar-refractivity contribution in [2.75, 3.05) is 25.0 Å². The fourth-order valence-corrected chi connectivity index (χ4v) is 3.79. The van der Waals surface area contributed by atoms with Gasteiger partial charge >= 0.3 is 0 Å². The molecule has 1 atom stereocenters. The Labute approximate surface area is 166 Å². The van der Waals surface area contributed by atoms with Gasteiger partial charge in [-0.1, -0.05) is 6.92 Å². The van der Waals surface area contributed by atoms with Gasteiger partial charge in [0.2, 0.25) is 5.82 Å². The molecular weight excluding hydrogens is 354 g/mol. The number of nitrogens with one attached hydrogen (secondary N) is 2. The first-order chi connectivity index (χ1) is 13.5. The highest BCUT2D eigenvalue weighted by Gasteiger charge is 2.26. The van der Waals surface area contributed by atoms with Gasteiger partial charge in [0, 0.05) is 61.8 Å². The van der Waals surface area contributed by atoms with Gasteiger partial charge in [0.25, 0.3) is 5.91 Å². The van der Waals surface area contributed by atoms with Crippen LogP contribution >= 0.6 is 0 Å². The first kappa shape index (κ1) is 20.3. The zero-order valence-corrected chi connectivity index (χ0v) is 17.5. The van der Waals surface area contributed by atoms with Crippen LogP contribution in [0.15, 0.2) is 6.20 Å². The van der Waals surface area contributed by atoms with Crippen LogP contribution in [0.3, 0.4) is 0 Å². The molecule has 2 N–H and O–H groups in total. The maximum Gasteiger partial charge on any atom is 0.288 e. The second-order valence-electron chi connectivity index (χ2n) is 7.26. The van der Waals surface area contributed by atoms with Crippen molar-refractivity contribution in [2.45, 2.75) is 59.7 Å². The summed E-state index contributed by atoms with van der Waals surface area (Å²) in [5, 5.41) is 10.8. The van der Waals surface area contributed by atoms with Crippen LogP contribution in [0.25, 0.3) is 0 Å². The van der Waals surface area contributed by atoms with E-state index >= 15 is 0 Å². The van der Waals surface area contributed by atoms with Gasteiger partial charge in [0.05, 0.1) is 6.20 Å². The van der Waals surface area contributed by atoms with E-state index in [4.69, 9.17) is 0 Å². The number of nitrogens with zero attached hydrogens (tertiary/aromatic N) is 5. The normalized spacial score (nSPS) is 16.6. The van der Waals surface area contributed by atoms with Crippen LogP contribution in [-0.2, 0) is 19.5 Å². The number of aryl methyl sites for hydroxylation is 2. The third-order valence-electron chi connectivity index (χ3n) is 5.53. The van der Waals surface area contributed by atoms with Gasteiger partial charge in [-0.15, -0.1) is 0 Å². The Bertz CT molecular complexity index is 845. The Morgan fingerprint density at radius 3 is 2.75 bits per heavy atom. The van der Waals surface area contributed by atoms with Crippen molar-refractivity contribution in [3.63, 3.8) is 0 Å². The first-order valence-corrected chi connectivity index (χ1v) is 10.1. The minimum Gasteiger partial charge on any atom is -0.355 e. The summed E-state index contributed by atoms with van der Waals surface area (Å²) >= 11 is 0. The number of hydrogen-bond donors (Lipinski definition) is 2. The van der Waals surface area contributed by atoms with E-state index in [-0.39, 0.29) is 11.7 Å². The molecular formula is C20H31N7O. The maximum absolute atomic E-state index is 12.0. The Kier molecular flexibility index (Phi) is 6.28. The zero-order chi connectivity index (χ0) is 20.3. The molecule has 1 saturated heterocycles. The van der Waals surface area contributed by atoms with Crippen LogP contribution in [0.1, 0.15) is 53.4 Å². The summed E-state index contributed by atoms with van der Waals surface area (Å²) in [5.74, 6) is 0.846. The van der Waals surface area contributed by atoms with Gasteiger partial charge < -0.3 is 15.5 Å². The molecule has 0 bridgehead atoms. The highest BCUT2D eigenvalue weighted by atomic mass is 16.2. The molecule has 0 radical (unpaired) electrons. The predicted octanol–water partition coefficient (Wildman–Crippen LogP) is 1.60. The highest BCUT2D eigenvalue weighted by Crippen LogP contribution is 2.24. The molecule has 0 spiro atoms. The zero-order valence-electron chi connectivity index (χ0n) is 17.5. The summed E-state index contributed by atoms with van der Waals surface area (Å²) in [6, 6.07) is 0.382. The molecule has 28 heavy (non-hydrogen) atoms. The lowest BCUT2D eigenvalue weighted by Crippen LogP contribution is -2.33. The summed E-state index contributed by atoms with van der Waals surface area (Å²) in [6.45, 7) is 11.8. The Morgan fingerprint density at radius 1 is 1.29 bits per heavy atom. The number of aromatic nitrogens is 4. The van der Waals surface area contributed by atoms with Crippen LogP contribution in [0.4, 0.5) is 5.82 Å². The molecule has 152 valence electrons. The number of amides is 1. The molecule has 1 amide bonds. The molecule has 3 rings (SSSR count). The summed E-state index contributed by atoms with van der Waals surface area (Å²) in [6.07, 6.45) is 4.01. The SMILES string of the molecule is CCc1c(CN[C@@H]2CCN(c3nc(C(=O)NC)nc(C)c3C)C2)cnn1CC. The lowest BCUT2D eigenvalue weighted by Gasteiger charge is -2.21. The van der Waals surface area contributed by atoms with Gasteiger partial charge in [0.1, 0.15) is 5.82 Å². The number of carbonyl (C=O) groups excluding carboxylic acids is 1. The fraction of sp³-hybridized carbons (Fsp3) is 0.600. The molecule has 3 heterocycles. The predicted molar refractivity (Wildman–Crippen MR) is 110 cm³/mol. The Morgan fingerprint density at radius 2 is 2.07 bits per heavy atom. The van der Waals surface area contributed by atoms with Crippen LogP contribution in [0, 0.1) is 13.8 Å². The lowest BCUT2D eigenvalue weighted by molar-refractivity contribution is 0.0952. The van der Waals surface area contributed by atoms with Crippen LogP contribution in [0.2, 0.25) is 0 Å². The molecule has 2 aromatic heterocycles. The van der Waals surface area contributed by atoms with E-state index in [0.717, 1.165) is 56.1 Å². The van der Waals surface area contributed by atoms with Gasteiger partial charge in [-0.2, -0.15) is 5.10 Å². The average Bonchev–Trinajstić information content (AvgIpc) is 3.33. The van der Waals surface area contributed by atoms with Crippen LogP contribution < -0.4 is 15.5 Å². The van der Waals surface area contributed by atoms with Gasteiger partial charge in [-0.25, -0.2) is 9.97 Å². The van der Waals surface area contributed by atoms with E-state index in [1.54, 1.807) is 7.05 Å². The van der Waals surface area contributed by atoms with Crippen LogP contribution in [-0.4, -0.2) is 51.8 Å². The third-order valence-corrected chi connectivity index (χ3v) is 5.53. The summed E-state index contributed by atoms with van der Waals surface area (Å²) in [7, 11) is 1.60. The minimum atomic E-state index is -0.252. The third kappa shape index (κ3) is 4.01.